The SMILES string of the molecule is CCCC(CS)Cn1nc(CC)nc1CC. The van der Waals surface area contributed by atoms with Crippen molar-refractivity contribution >= 4 is 12.6 Å². The van der Waals surface area contributed by atoms with E-state index in [9.17, 15) is 0 Å². The molecule has 0 aliphatic heterocycles. The lowest BCUT2D eigenvalue weighted by Crippen LogP contribution is -2.15. The number of nitrogens with zero attached hydrogens (tertiary/aromatic N) is 3. The van der Waals surface area contributed by atoms with Gasteiger partial charge >= 0.3 is 0 Å². The average molecular weight is 241 g/mol. The summed E-state index contributed by atoms with van der Waals surface area (Å²) in [5.74, 6) is 3.62. The molecule has 0 aliphatic carbocycles. The molecule has 0 aromatic carbocycles. The van der Waals surface area contributed by atoms with Gasteiger partial charge in [-0.1, -0.05) is 27.2 Å². The van der Waals surface area contributed by atoms with E-state index in [0.29, 0.717) is 5.92 Å². The largest absolute Gasteiger partial charge is 0.250 e. The van der Waals surface area contributed by atoms with Crippen LogP contribution in [-0.4, -0.2) is 20.5 Å². The molecule has 0 fully saturated rings. The van der Waals surface area contributed by atoms with Crippen LogP contribution in [0.4, 0.5) is 0 Å². The Morgan fingerprint density at radius 2 is 2.00 bits per heavy atom. The van der Waals surface area contributed by atoms with E-state index in [2.05, 4.69) is 48.2 Å². The van der Waals surface area contributed by atoms with Crippen LogP contribution in [0.25, 0.3) is 0 Å². The number of hydrogen-bond donors (Lipinski definition) is 1. The van der Waals surface area contributed by atoms with Gasteiger partial charge in [0.05, 0.1) is 0 Å². The predicted octanol–water partition coefficient (Wildman–Crippen LogP) is 2.75. The third-order valence-electron chi connectivity index (χ3n) is 2.81. The van der Waals surface area contributed by atoms with Crippen molar-refractivity contribution in [2.45, 2.75) is 53.0 Å². The second-order valence-corrected chi connectivity index (χ2v) is 4.54. The van der Waals surface area contributed by atoms with Crippen LogP contribution in [-0.2, 0) is 19.4 Å². The minimum Gasteiger partial charge on any atom is -0.250 e. The van der Waals surface area contributed by atoms with Crippen molar-refractivity contribution in [3.63, 3.8) is 0 Å². The first kappa shape index (κ1) is 13.6. The molecule has 0 amide bonds. The first-order chi connectivity index (χ1) is 7.74. The molecule has 0 saturated carbocycles. The van der Waals surface area contributed by atoms with Gasteiger partial charge in [-0.3, -0.25) is 0 Å². The zero-order valence-electron chi connectivity index (χ0n) is 10.6. The molecule has 0 radical (unpaired) electrons. The maximum Gasteiger partial charge on any atom is 0.150 e. The number of hydrogen-bond acceptors (Lipinski definition) is 3. The Morgan fingerprint density at radius 1 is 1.25 bits per heavy atom. The fourth-order valence-electron chi connectivity index (χ4n) is 1.88. The Kier molecular flexibility index (Phi) is 5.88. The molecule has 1 atom stereocenters. The lowest BCUT2D eigenvalue weighted by atomic mass is 10.1. The van der Waals surface area contributed by atoms with Crippen LogP contribution in [0.3, 0.4) is 0 Å². The van der Waals surface area contributed by atoms with Crippen molar-refractivity contribution < 1.29 is 0 Å². The fourth-order valence-corrected chi connectivity index (χ4v) is 2.17. The van der Waals surface area contributed by atoms with Crippen LogP contribution in [0.5, 0.6) is 0 Å². The molecule has 3 nitrogen and oxygen atoms in total. The fraction of sp³-hybridized carbons (Fsp3) is 0.833. The van der Waals surface area contributed by atoms with E-state index in [4.69, 9.17) is 0 Å². The Balaban J connectivity index is 2.73. The van der Waals surface area contributed by atoms with Crippen molar-refractivity contribution in [3.8, 4) is 0 Å². The van der Waals surface area contributed by atoms with Gasteiger partial charge in [-0.25, -0.2) is 9.67 Å². The van der Waals surface area contributed by atoms with E-state index in [0.717, 1.165) is 36.8 Å². The van der Waals surface area contributed by atoms with E-state index in [1.54, 1.807) is 0 Å². The van der Waals surface area contributed by atoms with E-state index in [1.165, 1.54) is 12.8 Å². The molecule has 92 valence electrons. The Labute approximate surface area is 104 Å². The molecule has 0 spiro atoms. The van der Waals surface area contributed by atoms with Crippen LogP contribution >= 0.6 is 12.6 Å². The number of aryl methyl sites for hydroxylation is 2. The maximum absolute atomic E-state index is 4.54. The Bertz CT molecular complexity index is 309. The second kappa shape index (κ2) is 6.94. The number of thiol groups is 1. The van der Waals surface area contributed by atoms with Crippen molar-refractivity contribution in [2.24, 2.45) is 5.92 Å². The topological polar surface area (TPSA) is 30.7 Å². The first-order valence-electron chi connectivity index (χ1n) is 6.28. The molecule has 1 aromatic rings. The highest BCUT2D eigenvalue weighted by atomic mass is 32.1. The third kappa shape index (κ3) is 3.51. The van der Waals surface area contributed by atoms with Crippen LogP contribution in [0.1, 0.15) is 45.3 Å². The van der Waals surface area contributed by atoms with Crippen molar-refractivity contribution in [2.75, 3.05) is 5.75 Å². The van der Waals surface area contributed by atoms with Crippen molar-refractivity contribution in [3.05, 3.63) is 11.6 Å². The molecule has 1 heterocycles. The molecular formula is C12H23N3S. The highest BCUT2D eigenvalue weighted by Crippen LogP contribution is 2.12. The van der Waals surface area contributed by atoms with Gasteiger partial charge in [0.1, 0.15) is 5.82 Å². The molecule has 0 N–H and O–H groups in total. The summed E-state index contributed by atoms with van der Waals surface area (Å²) in [5, 5.41) is 4.54. The van der Waals surface area contributed by atoms with Gasteiger partial charge in [0.2, 0.25) is 0 Å². The normalized spacial score (nSPS) is 13.0. The minimum atomic E-state index is 0.616. The van der Waals surface area contributed by atoms with E-state index < -0.39 is 0 Å². The quantitative estimate of drug-likeness (QED) is 0.744. The predicted molar refractivity (Wildman–Crippen MR) is 71.0 cm³/mol. The highest BCUT2D eigenvalue weighted by Gasteiger charge is 2.12. The number of aromatic nitrogens is 3. The van der Waals surface area contributed by atoms with Gasteiger partial charge in [0.15, 0.2) is 5.82 Å². The zero-order valence-corrected chi connectivity index (χ0v) is 11.5. The summed E-state index contributed by atoms with van der Waals surface area (Å²) in [6, 6.07) is 0. The molecule has 1 aromatic heterocycles. The van der Waals surface area contributed by atoms with Gasteiger partial charge in [0.25, 0.3) is 0 Å². The summed E-state index contributed by atoms with van der Waals surface area (Å²) in [5.41, 5.74) is 0. The number of rotatable bonds is 7. The van der Waals surface area contributed by atoms with E-state index in [-0.39, 0.29) is 0 Å². The van der Waals surface area contributed by atoms with Crippen LogP contribution in [0, 0.1) is 5.92 Å². The molecule has 1 unspecified atom stereocenters. The van der Waals surface area contributed by atoms with Crippen LogP contribution < -0.4 is 0 Å². The monoisotopic (exact) mass is 241 g/mol. The van der Waals surface area contributed by atoms with Crippen LogP contribution in [0.15, 0.2) is 0 Å². The van der Waals surface area contributed by atoms with E-state index >= 15 is 0 Å². The summed E-state index contributed by atoms with van der Waals surface area (Å²) in [6.07, 6.45) is 4.30. The third-order valence-corrected chi connectivity index (χ3v) is 3.33. The molecule has 0 bridgehead atoms. The lowest BCUT2D eigenvalue weighted by Gasteiger charge is -2.14. The summed E-state index contributed by atoms with van der Waals surface area (Å²) in [6.45, 7) is 7.42. The average Bonchev–Trinajstić information content (AvgIpc) is 2.70. The van der Waals surface area contributed by atoms with Crippen LogP contribution in [0.2, 0.25) is 0 Å². The van der Waals surface area contributed by atoms with Crippen molar-refractivity contribution in [1.82, 2.24) is 14.8 Å². The Morgan fingerprint density at radius 3 is 2.50 bits per heavy atom. The first-order valence-corrected chi connectivity index (χ1v) is 6.91. The lowest BCUT2D eigenvalue weighted by molar-refractivity contribution is 0.416. The molecule has 0 saturated heterocycles. The Hall–Kier alpha value is -0.510. The minimum absolute atomic E-state index is 0.616. The molecular weight excluding hydrogens is 218 g/mol. The van der Waals surface area contributed by atoms with Gasteiger partial charge in [-0.2, -0.15) is 17.7 Å². The van der Waals surface area contributed by atoms with Gasteiger partial charge in [-0.15, -0.1) is 0 Å². The van der Waals surface area contributed by atoms with Gasteiger partial charge in [0, 0.05) is 19.4 Å². The molecule has 16 heavy (non-hydrogen) atoms. The smallest absolute Gasteiger partial charge is 0.150 e. The zero-order chi connectivity index (χ0) is 12.0. The standard InChI is InChI=1S/C12H23N3S/c1-4-7-10(9-16)8-15-12(6-3)13-11(5-2)14-15/h10,16H,4-9H2,1-3H3. The summed E-state index contributed by atoms with van der Waals surface area (Å²) in [4.78, 5) is 4.52. The van der Waals surface area contributed by atoms with Crippen molar-refractivity contribution in [1.29, 1.82) is 0 Å². The van der Waals surface area contributed by atoms with E-state index in [1.807, 2.05) is 0 Å². The molecule has 0 aliphatic rings. The highest BCUT2D eigenvalue weighted by molar-refractivity contribution is 7.80. The molecule has 4 heteroatoms. The summed E-state index contributed by atoms with van der Waals surface area (Å²) >= 11 is 4.41. The van der Waals surface area contributed by atoms with Gasteiger partial charge in [-0.05, 0) is 18.1 Å². The molecule has 1 rings (SSSR count). The summed E-state index contributed by atoms with van der Waals surface area (Å²) in [7, 11) is 0. The maximum atomic E-state index is 4.54. The summed E-state index contributed by atoms with van der Waals surface area (Å²) < 4.78 is 2.08. The second-order valence-electron chi connectivity index (χ2n) is 4.17. The van der Waals surface area contributed by atoms with Gasteiger partial charge < -0.3 is 0 Å².